The SMILES string of the molecule is CCCCC(=O)NC(=S)NNC(=O)C(C)Oc1ccc(Cl)cc1Cl. The minimum absolute atomic E-state index is 0.0150. The third kappa shape index (κ3) is 7.33. The highest BCUT2D eigenvalue weighted by Gasteiger charge is 2.16. The fraction of sp³-hybridized carbons (Fsp3) is 0.400. The van der Waals surface area contributed by atoms with Gasteiger partial charge in [-0.2, -0.15) is 0 Å². The minimum atomic E-state index is -0.838. The predicted molar refractivity (Wildman–Crippen MR) is 98.1 cm³/mol. The van der Waals surface area contributed by atoms with Gasteiger partial charge in [0, 0.05) is 11.4 Å². The van der Waals surface area contributed by atoms with Crippen LogP contribution in [0.3, 0.4) is 0 Å². The summed E-state index contributed by atoms with van der Waals surface area (Å²) in [4.78, 5) is 23.4. The molecule has 0 radical (unpaired) electrons. The lowest BCUT2D eigenvalue weighted by Crippen LogP contribution is -2.51. The first-order valence-corrected chi connectivity index (χ1v) is 8.51. The zero-order chi connectivity index (χ0) is 18.1. The van der Waals surface area contributed by atoms with Gasteiger partial charge in [-0.3, -0.25) is 20.4 Å². The number of ether oxygens (including phenoxy) is 1. The Labute approximate surface area is 156 Å². The average Bonchev–Trinajstić information content (AvgIpc) is 2.53. The zero-order valence-corrected chi connectivity index (χ0v) is 15.6. The molecular formula is C15H19Cl2N3O3S. The number of rotatable bonds is 6. The first kappa shape index (κ1) is 20.5. The second kappa shape index (κ2) is 10.3. The van der Waals surface area contributed by atoms with E-state index in [2.05, 4.69) is 16.2 Å². The van der Waals surface area contributed by atoms with Crippen molar-refractivity contribution in [3.63, 3.8) is 0 Å². The standard InChI is InChI=1S/C15H19Cl2N3O3S/c1-3-4-5-13(21)18-15(24)20-19-14(22)9(2)23-12-7-6-10(16)8-11(12)17/h6-9H,3-5H2,1-2H3,(H,19,22)(H2,18,20,21,24). The monoisotopic (exact) mass is 391 g/mol. The van der Waals surface area contributed by atoms with Crippen LogP contribution in [-0.2, 0) is 9.59 Å². The molecule has 9 heteroatoms. The van der Waals surface area contributed by atoms with E-state index in [9.17, 15) is 9.59 Å². The lowest BCUT2D eigenvalue weighted by molar-refractivity contribution is -0.128. The van der Waals surface area contributed by atoms with Gasteiger partial charge in [0.1, 0.15) is 5.75 Å². The topological polar surface area (TPSA) is 79.5 Å². The molecule has 1 aromatic carbocycles. The second-order valence-corrected chi connectivity index (χ2v) is 6.18. The molecule has 6 nitrogen and oxygen atoms in total. The molecular weight excluding hydrogens is 373 g/mol. The number of hydrogen-bond donors (Lipinski definition) is 3. The molecule has 0 aliphatic rings. The van der Waals surface area contributed by atoms with E-state index in [1.54, 1.807) is 19.1 Å². The smallest absolute Gasteiger partial charge is 0.279 e. The Balaban J connectivity index is 2.41. The average molecular weight is 392 g/mol. The Bertz CT molecular complexity index is 614. The van der Waals surface area contributed by atoms with Crippen LogP contribution in [0, 0.1) is 0 Å². The third-order valence-electron chi connectivity index (χ3n) is 2.88. The summed E-state index contributed by atoms with van der Waals surface area (Å²) in [5.74, 6) is -0.355. The normalized spacial score (nSPS) is 11.3. The van der Waals surface area contributed by atoms with E-state index >= 15 is 0 Å². The van der Waals surface area contributed by atoms with E-state index in [1.165, 1.54) is 6.07 Å². The molecule has 0 heterocycles. The minimum Gasteiger partial charge on any atom is -0.479 e. The molecule has 0 bridgehead atoms. The maximum Gasteiger partial charge on any atom is 0.279 e. The molecule has 132 valence electrons. The molecule has 3 N–H and O–H groups in total. The zero-order valence-electron chi connectivity index (χ0n) is 13.3. The van der Waals surface area contributed by atoms with Crippen LogP contribution in [0.1, 0.15) is 33.1 Å². The van der Waals surface area contributed by atoms with Crippen LogP contribution in [0.5, 0.6) is 5.75 Å². The van der Waals surface area contributed by atoms with Crippen LogP contribution >= 0.6 is 35.4 Å². The lowest BCUT2D eigenvalue weighted by Gasteiger charge is -2.17. The number of nitrogens with one attached hydrogen (secondary N) is 3. The van der Waals surface area contributed by atoms with Gasteiger partial charge in [0.25, 0.3) is 5.91 Å². The maximum atomic E-state index is 11.9. The molecule has 0 aliphatic heterocycles. The van der Waals surface area contributed by atoms with Crippen LogP contribution in [0.2, 0.25) is 10.0 Å². The van der Waals surface area contributed by atoms with Crippen LogP contribution in [-0.4, -0.2) is 23.0 Å². The molecule has 0 spiro atoms. The Morgan fingerprint density at radius 1 is 1.29 bits per heavy atom. The first-order valence-electron chi connectivity index (χ1n) is 7.34. The second-order valence-electron chi connectivity index (χ2n) is 4.93. The number of hydrogen-bond acceptors (Lipinski definition) is 4. The van der Waals surface area contributed by atoms with Crippen molar-refractivity contribution in [1.29, 1.82) is 0 Å². The van der Waals surface area contributed by atoms with Crippen molar-refractivity contribution in [3.05, 3.63) is 28.2 Å². The Morgan fingerprint density at radius 3 is 2.62 bits per heavy atom. The van der Waals surface area contributed by atoms with E-state index in [4.69, 9.17) is 40.2 Å². The Hall–Kier alpha value is -1.57. The van der Waals surface area contributed by atoms with E-state index < -0.39 is 12.0 Å². The molecule has 24 heavy (non-hydrogen) atoms. The summed E-state index contributed by atoms with van der Waals surface area (Å²) in [6.45, 7) is 3.53. The number of benzene rings is 1. The summed E-state index contributed by atoms with van der Waals surface area (Å²) in [5, 5.41) is 3.25. The summed E-state index contributed by atoms with van der Waals surface area (Å²) >= 11 is 16.7. The van der Waals surface area contributed by atoms with E-state index in [0.717, 1.165) is 12.8 Å². The van der Waals surface area contributed by atoms with Gasteiger partial charge in [-0.05, 0) is 43.8 Å². The molecule has 1 rings (SSSR count). The van der Waals surface area contributed by atoms with Gasteiger partial charge >= 0.3 is 0 Å². The van der Waals surface area contributed by atoms with Crippen molar-refractivity contribution >= 4 is 52.3 Å². The van der Waals surface area contributed by atoms with Crippen LogP contribution in [0.25, 0.3) is 0 Å². The highest BCUT2D eigenvalue weighted by Crippen LogP contribution is 2.28. The number of thiocarbonyl (C=S) groups is 1. The molecule has 0 saturated heterocycles. The van der Waals surface area contributed by atoms with Gasteiger partial charge in [-0.25, -0.2) is 0 Å². The largest absolute Gasteiger partial charge is 0.479 e. The molecule has 1 atom stereocenters. The molecule has 2 amide bonds. The van der Waals surface area contributed by atoms with Crippen molar-refractivity contribution < 1.29 is 14.3 Å². The summed E-state index contributed by atoms with van der Waals surface area (Å²) in [6, 6.07) is 4.69. The van der Waals surface area contributed by atoms with Gasteiger partial charge in [0.2, 0.25) is 5.91 Å². The van der Waals surface area contributed by atoms with Gasteiger partial charge in [0.05, 0.1) is 5.02 Å². The fourth-order valence-electron chi connectivity index (χ4n) is 1.59. The molecule has 0 aliphatic carbocycles. The number of amides is 2. The highest BCUT2D eigenvalue weighted by atomic mass is 35.5. The Morgan fingerprint density at radius 2 is 2.00 bits per heavy atom. The lowest BCUT2D eigenvalue weighted by atomic mass is 10.2. The van der Waals surface area contributed by atoms with Gasteiger partial charge in [-0.1, -0.05) is 36.5 Å². The quantitative estimate of drug-likeness (QED) is 0.513. The van der Waals surface area contributed by atoms with Gasteiger partial charge in [-0.15, -0.1) is 0 Å². The van der Waals surface area contributed by atoms with Crippen LogP contribution in [0.15, 0.2) is 18.2 Å². The number of halogens is 2. The molecule has 1 aromatic rings. The van der Waals surface area contributed by atoms with Crippen molar-refractivity contribution in [2.24, 2.45) is 0 Å². The van der Waals surface area contributed by atoms with Crippen molar-refractivity contribution in [2.75, 3.05) is 0 Å². The summed E-state index contributed by atoms with van der Waals surface area (Å²) in [6.07, 6.45) is 1.22. The van der Waals surface area contributed by atoms with E-state index in [0.29, 0.717) is 22.2 Å². The summed E-state index contributed by atoms with van der Waals surface area (Å²) in [5.41, 5.74) is 4.80. The van der Waals surface area contributed by atoms with Crippen molar-refractivity contribution in [1.82, 2.24) is 16.2 Å². The summed E-state index contributed by atoms with van der Waals surface area (Å²) < 4.78 is 5.46. The predicted octanol–water partition coefficient (Wildman–Crippen LogP) is 2.97. The van der Waals surface area contributed by atoms with Crippen LogP contribution < -0.4 is 20.9 Å². The summed E-state index contributed by atoms with van der Waals surface area (Å²) in [7, 11) is 0. The first-order chi connectivity index (χ1) is 11.3. The number of carbonyl (C=O) groups is 2. The molecule has 0 aromatic heterocycles. The van der Waals surface area contributed by atoms with Crippen LogP contribution in [0.4, 0.5) is 0 Å². The number of unbranched alkanes of at least 4 members (excludes halogenated alkanes) is 1. The number of carbonyl (C=O) groups excluding carboxylic acids is 2. The van der Waals surface area contributed by atoms with Gasteiger partial charge < -0.3 is 10.1 Å². The van der Waals surface area contributed by atoms with Gasteiger partial charge in [0.15, 0.2) is 11.2 Å². The third-order valence-corrected chi connectivity index (χ3v) is 3.61. The molecule has 0 fully saturated rings. The van der Waals surface area contributed by atoms with E-state index in [1.807, 2.05) is 6.92 Å². The molecule has 0 saturated carbocycles. The Kier molecular flexibility index (Phi) is 8.81. The fourth-order valence-corrected chi connectivity index (χ4v) is 2.21. The van der Waals surface area contributed by atoms with Crippen molar-refractivity contribution in [2.45, 2.75) is 39.2 Å². The van der Waals surface area contributed by atoms with E-state index in [-0.39, 0.29) is 11.0 Å². The maximum absolute atomic E-state index is 11.9. The molecule has 1 unspecified atom stereocenters. The number of hydrazine groups is 1. The highest BCUT2D eigenvalue weighted by molar-refractivity contribution is 7.80. The van der Waals surface area contributed by atoms with Crippen molar-refractivity contribution in [3.8, 4) is 5.75 Å².